The van der Waals surface area contributed by atoms with Crippen molar-refractivity contribution in [2.24, 2.45) is 0 Å². The van der Waals surface area contributed by atoms with Crippen LogP contribution in [0.25, 0.3) is 0 Å². The number of rotatable bonds is 21. The normalized spacial score (nSPS) is 10.5. The Kier molecular flexibility index (Phi) is 22.5. The van der Waals surface area contributed by atoms with E-state index in [2.05, 4.69) is 35.1 Å². The molecule has 0 aliphatic carbocycles. The molecule has 4 amide bonds. The average Bonchev–Trinajstić information content (AvgIpc) is 2.83. The van der Waals surface area contributed by atoms with Crippen molar-refractivity contribution < 1.29 is 19.2 Å². The predicted molar refractivity (Wildman–Crippen MR) is 137 cm³/mol. The number of carbonyl (C=O) groups is 4. The minimum absolute atomic E-state index is 0.0844. The van der Waals surface area contributed by atoms with E-state index in [1.807, 2.05) is 0 Å². The summed E-state index contributed by atoms with van der Waals surface area (Å²) in [6, 6.07) is 0. The molecule has 34 heavy (non-hydrogen) atoms. The van der Waals surface area contributed by atoms with Gasteiger partial charge in [-0.3, -0.25) is 19.2 Å². The highest BCUT2D eigenvalue weighted by Gasteiger charge is 2.14. The van der Waals surface area contributed by atoms with E-state index < -0.39 is 23.6 Å². The molecule has 0 aliphatic rings. The lowest BCUT2D eigenvalue weighted by Gasteiger charge is -2.08. The molecule has 0 radical (unpaired) electrons. The van der Waals surface area contributed by atoms with Gasteiger partial charge in [0.15, 0.2) is 0 Å². The van der Waals surface area contributed by atoms with Crippen molar-refractivity contribution >= 4 is 23.6 Å². The van der Waals surface area contributed by atoms with Crippen LogP contribution >= 0.6 is 0 Å². The zero-order valence-electron chi connectivity index (χ0n) is 21.8. The second-order valence-electron chi connectivity index (χ2n) is 8.97. The molecule has 0 aromatic rings. The summed E-state index contributed by atoms with van der Waals surface area (Å²) in [5, 5.41) is 10.1. The van der Waals surface area contributed by atoms with E-state index in [4.69, 9.17) is 0 Å². The van der Waals surface area contributed by atoms with Gasteiger partial charge in [0.05, 0.1) is 0 Å². The highest BCUT2D eigenvalue weighted by molar-refractivity contribution is 6.35. The van der Waals surface area contributed by atoms with Crippen LogP contribution in [0.5, 0.6) is 0 Å². The molecule has 8 nitrogen and oxygen atoms in total. The molecule has 0 aromatic heterocycles. The molecule has 0 spiro atoms. The van der Waals surface area contributed by atoms with Gasteiger partial charge in [-0.1, -0.05) is 104 Å². The monoisotopic (exact) mass is 482 g/mol. The Balaban J connectivity index is 3.60. The Morgan fingerprint density at radius 2 is 0.588 bits per heavy atom. The standard InChI is InChI=1S/C26H50N4O4/c1-3-5-7-9-11-13-15-17-19-27-23(31)25(33)29-21-22-30-26(34)24(32)28-20-18-16-14-12-10-8-6-4-2/h3-22H2,1-2H3,(H,27,31)(H,28,32)(H,29,33)(H,30,34). The zero-order valence-corrected chi connectivity index (χ0v) is 21.8. The number of hydrogen-bond donors (Lipinski definition) is 4. The quantitative estimate of drug-likeness (QED) is 0.147. The molecule has 0 aliphatic heterocycles. The zero-order chi connectivity index (χ0) is 25.3. The van der Waals surface area contributed by atoms with Gasteiger partial charge in [0.2, 0.25) is 0 Å². The van der Waals surface area contributed by atoms with E-state index in [1.54, 1.807) is 0 Å². The predicted octanol–water partition coefficient (Wildman–Crippen LogP) is 3.73. The van der Waals surface area contributed by atoms with Crippen LogP contribution in [0.1, 0.15) is 117 Å². The summed E-state index contributed by atoms with van der Waals surface area (Å²) in [4.78, 5) is 47.1. The SMILES string of the molecule is CCCCCCCCCCNC(=O)C(=O)NCCNC(=O)C(=O)NCCCCCCCCCC. The van der Waals surface area contributed by atoms with Gasteiger partial charge in [-0.2, -0.15) is 0 Å². The molecule has 0 bridgehead atoms. The minimum Gasteiger partial charge on any atom is -0.348 e. The van der Waals surface area contributed by atoms with E-state index in [1.165, 1.54) is 64.2 Å². The van der Waals surface area contributed by atoms with Gasteiger partial charge in [0.25, 0.3) is 0 Å². The fourth-order valence-electron chi connectivity index (χ4n) is 3.59. The molecular weight excluding hydrogens is 432 g/mol. The van der Waals surface area contributed by atoms with Gasteiger partial charge >= 0.3 is 23.6 Å². The van der Waals surface area contributed by atoms with Crippen LogP contribution in [0.4, 0.5) is 0 Å². The lowest BCUT2D eigenvalue weighted by atomic mass is 10.1. The van der Waals surface area contributed by atoms with E-state index in [9.17, 15) is 19.2 Å². The Bertz CT molecular complexity index is 507. The summed E-state index contributed by atoms with van der Waals surface area (Å²) in [6.45, 7) is 5.54. The summed E-state index contributed by atoms with van der Waals surface area (Å²) >= 11 is 0. The maximum atomic E-state index is 11.8. The van der Waals surface area contributed by atoms with E-state index in [0.717, 1.165) is 38.5 Å². The summed E-state index contributed by atoms with van der Waals surface area (Å²) in [5.41, 5.74) is 0. The molecule has 0 heterocycles. The molecule has 0 unspecified atom stereocenters. The third-order valence-corrected chi connectivity index (χ3v) is 5.74. The fourth-order valence-corrected chi connectivity index (χ4v) is 3.59. The van der Waals surface area contributed by atoms with Crippen LogP contribution in [0, 0.1) is 0 Å². The molecule has 0 saturated heterocycles. The van der Waals surface area contributed by atoms with Gasteiger partial charge in [-0.15, -0.1) is 0 Å². The van der Waals surface area contributed by atoms with Crippen molar-refractivity contribution in [3.8, 4) is 0 Å². The van der Waals surface area contributed by atoms with Gasteiger partial charge in [-0.25, -0.2) is 0 Å². The summed E-state index contributed by atoms with van der Waals surface area (Å²) in [7, 11) is 0. The van der Waals surface area contributed by atoms with E-state index in [-0.39, 0.29) is 13.1 Å². The highest BCUT2D eigenvalue weighted by Crippen LogP contribution is 2.08. The first kappa shape index (κ1) is 31.9. The van der Waals surface area contributed by atoms with Gasteiger partial charge in [0, 0.05) is 26.2 Å². The maximum absolute atomic E-state index is 11.8. The number of unbranched alkanes of at least 4 members (excludes halogenated alkanes) is 14. The summed E-state index contributed by atoms with van der Waals surface area (Å²) in [5.74, 6) is -2.80. The average molecular weight is 483 g/mol. The Morgan fingerprint density at radius 1 is 0.353 bits per heavy atom. The lowest BCUT2D eigenvalue weighted by molar-refractivity contribution is -0.139. The van der Waals surface area contributed by atoms with Crippen molar-refractivity contribution in [2.75, 3.05) is 26.2 Å². The fraction of sp³-hybridized carbons (Fsp3) is 0.846. The van der Waals surface area contributed by atoms with Crippen LogP contribution in [0.2, 0.25) is 0 Å². The molecule has 8 heteroatoms. The second-order valence-corrected chi connectivity index (χ2v) is 8.97. The Labute approximate surface area is 207 Å². The van der Waals surface area contributed by atoms with Gasteiger partial charge < -0.3 is 21.3 Å². The van der Waals surface area contributed by atoms with Crippen molar-refractivity contribution in [1.82, 2.24) is 21.3 Å². The first-order valence-corrected chi connectivity index (χ1v) is 13.6. The summed E-state index contributed by atoms with van der Waals surface area (Å²) < 4.78 is 0. The third kappa shape index (κ3) is 20.5. The van der Waals surface area contributed by atoms with Crippen LogP contribution in [0.3, 0.4) is 0 Å². The van der Waals surface area contributed by atoms with Crippen LogP contribution in [-0.2, 0) is 19.2 Å². The second kappa shape index (κ2) is 24.0. The van der Waals surface area contributed by atoms with E-state index in [0.29, 0.717) is 13.1 Å². The van der Waals surface area contributed by atoms with E-state index >= 15 is 0 Å². The van der Waals surface area contributed by atoms with Crippen molar-refractivity contribution in [2.45, 2.75) is 117 Å². The van der Waals surface area contributed by atoms with Crippen LogP contribution in [0.15, 0.2) is 0 Å². The number of nitrogens with one attached hydrogen (secondary N) is 4. The summed E-state index contributed by atoms with van der Waals surface area (Å²) in [6.07, 6.45) is 18.7. The molecule has 0 saturated carbocycles. The molecular formula is C26H50N4O4. The smallest absolute Gasteiger partial charge is 0.309 e. The molecule has 198 valence electrons. The lowest BCUT2D eigenvalue weighted by Crippen LogP contribution is -2.45. The maximum Gasteiger partial charge on any atom is 0.309 e. The first-order chi connectivity index (χ1) is 16.5. The van der Waals surface area contributed by atoms with Gasteiger partial charge in [0.1, 0.15) is 0 Å². The third-order valence-electron chi connectivity index (χ3n) is 5.74. The van der Waals surface area contributed by atoms with Crippen molar-refractivity contribution in [1.29, 1.82) is 0 Å². The van der Waals surface area contributed by atoms with Crippen molar-refractivity contribution in [3.05, 3.63) is 0 Å². The Hall–Kier alpha value is -2.12. The largest absolute Gasteiger partial charge is 0.348 e. The molecule has 0 rings (SSSR count). The van der Waals surface area contributed by atoms with Gasteiger partial charge in [-0.05, 0) is 12.8 Å². The molecule has 0 fully saturated rings. The first-order valence-electron chi connectivity index (χ1n) is 13.6. The highest BCUT2D eigenvalue weighted by atomic mass is 16.2. The molecule has 4 N–H and O–H groups in total. The number of carbonyl (C=O) groups excluding carboxylic acids is 4. The number of amides is 4. The molecule has 0 atom stereocenters. The minimum atomic E-state index is -0.729. The van der Waals surface area contributed by atoms with Crippen molar-refractivity contribution in [3.63, 3.8) is 0 Å². The number of hydrogen-bond acceptors (Lipinski definition) is 4. The molecule has 0 aromatic carbocycles. The Morgan fingerprint density at radius 3 is 0.882 bits per heavy atom. The van der Waals surface area contributed by atoms with Crippen LogP contribution < -0.4 is 21.3 Å². The topological polar surface area (TPSA) is 116 Å². The van der Waals surface area contributed by atoms with Crippen LogP contribution in [-0.4, -0.2) is 49.8 Å².